The van der Waals surface area contributed by atoms with E-state index in [9.17, 15) is 0 Å². The molecule has 0 saturated heterocycles. The Morgan fingerprint density at radius 3 is 1.69 bits per heavy atom. The van der Waals surface area contributed by atoms with Crippen LogP contribution in [0.1, 0.15) is 84.6 Å². The van der Waals surface area contributed by atoms with E-state index in [1.807, 2.05) is 6.20 Å². The van der Waals surface area contributed by atoms with Crippen LogP contribution in [0.25, 0.3) is 38.8 Å². The van der Waals surface area contributed by atoms with Crippen molar-refractivity contribution in [2.45, 2.75) is 105 Å². The summed E-state index contributed by atoms with van der Waals surface area (Å²) in [6, 6.07) is 49.2. The first-order valence-electron chi connectivity index (χ1n) is 22.9. The molecule has 0 radical (unpaired) electrons. The Morgan fingerprint density at radius 2 is 1.11 bits per heavy atom. The topological polar surface area (TPSA) is 33.5 Å². The predicted octanol–water partition coefficient (Wildman–Crippen LogP) is 15.6. The summed E-state index contributed by atoms with van der Waals surface area (Å²) in [5, 5.41) is 3.87. The van der Waals surface area contributed by atoms with Gasteiger partial charge in [0, 0.05) is 46.0 Å². The van der Waals surface area contributed by atoms with Gasteiger partial charge in [-0.2, -0.15) is 0 Å². The van der Waals surface area contributed by atoms with Crippen molar-refractivity contribution in [3.63, 3.8) is 0 Å². The van der Waals surface area contributed by atoms with Crippen LogP contribution >= 0.6 is 0 Å². The molecule has 0 unspecified atom stereocenters. The maximum atomic E-state index is 7.03. The highest BCUT2D eigenvalue weighted by molar-refractivity contribution is 6.88. The summed E-state index contributed by atoms with van der Waals surface area (Å²) in [5.74, 6) is 2.49. The molecule has 326 valence electrons. The second kappa shape index (κ2) is 15.6. The highest BCUT2D eigenvalue weighted by Crippen LogP contribution is 2.47. The minimum Gasteiger partial charge on any atom is -0.457 e. The van der Waals surface area contributed by atoms with Crippen molar-refractivity contribution in [2.24, 2.45) is 0 Å². The zero-order valence-corrected chi connectivity index (χ0v) is 41.2. The molecular weight excluding hydrogens is 797 g/mol. The van der Waals surface area contributed by atoms with Crippen LogP contribution in [0.3, 0.4) is 0 Å². The number of hydrogen-bond acceptors (Lipinski definition) is 4. The molecule has 0 fully saturated rings. The van der Waals surface area contributed by atoms with Gasteiger partial charge in [-0.1, -0.05) is 148 Å². The lowest BCUT2D eigenvalue weighted by molar-refractivity contribution is 0.479. The average molecular weight is 861 g/mol. The lowest BCUT2D eigenvalue weighted by Crippen LogP contribution is -2.37. The molecule has 0 spiro atoms. The van der Waals surface area contributed by atoms with Crippen molar-refractivity contribution in [1.82, 2.24) is 9.55 Å². The van der Waals surface area contributed by atoms with E-state index in [2.05, 4.69) is 237 Å². The molecule has 3 heterocycles. The normalized spacial score (nSPS) is 13.6. The molecule has 0 N–H and O–H groups in total. The Bertz CT molecular complexity index is 3030. The number of nitrogens with zero attached hydrogens (tertiary/aromatic N) is 4. The lowest BCUT2D eigenvalue weighted by atomic mass is 9.80. The third-order valence-electron chi connectivity index (χ3n) is 13.0. The van der Waals surface area contributed by atoms with Gasteiger partial charge in [-0.15, -0.1) is 0 Å². The van der Waals surface area contributed by atoms with Crippen LogP contribution in [0.2, 0.25) is 19.6 Å². The number of aromatic nitrogens is 2. The number of ether oxygens (including phenoxy) is 1. The van der Waals surface area contributed by atoms with E-state index >= 15 is 0 Å². The fourth-order valence-corrected chi connectivity index (χ4v) is 10.2. The minimum atomic E-state index is -1.58. The Morgan fingerprint density at radius 1 is 0.531 bits per heavy atom. The molecule has 5 nitrogen and oxygen atoms in total. The second-order valence-corrected chi connectivity index (χ2v) is 27.1. The number of pyridine rings is 1. The summed E-state index contributed by atoms with van der Waals surface area (Å²) >= 11 is 0. The van der Waals surface area contributed by atoms with Crippen molar-refractivity contribution in [2.75, 3.05) is 16.5 Å². The first kappa shape index (κ1) is 43.2. The number of para-hydroxylation sites is 2. The van der Waals surface area contributed by atoms with Gasteiger partial charge in [-0.3, -0.25) is 4.57 Å². The van der Waals surface area contributed by atoms with Crippen LogP contribution in [-0.4, -0.2) is 24.3 Å². The van der Waals surface area contributed by atoms with Crippen molar-refractivity contribution in [1.29, 1.82) is 0 Å². The molecule has 1 aliphatic heterocycles. The number of fused-ring (bicyclic) bond motifs is 4. The Labute approximate surface area is 382 Å². The van der Waals surface area contributed by atoms with Crippen molar-refractivity contribution in [3.05, 3.63) is 162 Å². The smallest absolute Gasteiger partial charge is 0.137 e. The van der Waals surface area contributed by atoms with Crippen LogP contribution in [-0.2, 0) is 16.2 Å². The molecule has 0 amide bonds. The fraction of sp³-hybridized carbons (Fsp3) is 0.293. The van der Waals surface area contributed by atoms with Gasteiger partial charge in [0.05, 0.1) is 30.5 Å². The van der Waals surface area contributed by atoms with E-state index in [1.54, 1.807) is 0 Å². The first-order chi connectivity index (χ1) is 30.1. The van der Waals surface area contributed by atoms with Crippen LogP contribution < -0.4 is 19.7 Å². The molecule has 8 aromatic rings. The van der Waals surface area contributed by atoms with Crippen LogP contribution in [0.15, 0.2) is 140 Å². The van der Waals surface area contributed by atoms with Crippen LogP contribution in [0.4, 0.5) is 22.7 Å². The second-order valence-electron chi connectivity index (χ2n) is 22.0. The number of anilines is 4. The van der Waals surface area contributed by atoms with E-state index in [0.29, 0.717) is 6.67 Å². The molecule has 64 heavy (non-hydrogen) atoms. The van der Waals surface area contributed by atoms with Gasteiger partial charge in [0.2, 0.25) is 0 Å². The van der Waals surface area contributed by atoms with E-state index in [1.165, 1.54) is 60.8 Å². The Hall–Kier alpha value is -6.11. The maximum absolute atomic E-state index is 7.03. The number of aryl methyl sites for hydroxylation is 1. The average Bonchev–Trinajstić information content (AvgIpc) is 3.78. The number of hydrogen-bond donors (Lipinski definition) is 0. The zero-order chi connectivity index (χ0) is 45.5. The van der Waals surface area contributed by atoms with Gasteiger partial charge in [-0.05, 0) is 112 Å². The largest absolute Gasteiger partial charge is 0.457 e. The molecule has 0 atom stereocenters. The summed E-state index contributed by atoms with van der Waals surface area (Å²) in [6.45, 7) is 30.8. The number of rotatable bonds is 7. The Kier molecular flexibility index (Phi) is 10.5. The van der Waals surface area contributed by atoms with Crippen LogP contribution in [0, 0.1) is 6.92 Å². The summed E-state index contributed by atoms with van der Waals surface area (Å²) in [6.07, 6.45) is 2.02. The highest BCUT2D eigenvalue weighted by atomic mass is 28.3. The molecule has 9 rings (SSSR count). The van der Waals surface area contributed by atoms with Crippen molar-refractivity contribution >= 4 is 57.8 Å². The molecule has 0 bridgehead atoms. The van der Waals surface area contributed by atoms with E-state index in [-0.39, 0.29) is 16.2 Å². The molecule has 6 aromatic carbocycles. The molecule has 0 aliphatic carbocycles. The molecule has 0 saturated carbocycles. The van der Waals surface area contributed by atoms with Gasteiger partial charge in [-0.25, -0.2) is 4.98 Å². The highest BCUT2D eigenvalue weighted by Gasteiger charge is 2.31. The van der Waals surface area contributed by atoms with Gasteiger partial charge in [0.1, 0.15) is 24.0 Å². The summed E-state index contributed by atoms with van der Waals surface area (Å²) in [5.41, 5.74) is 14.2. The Balaban J connectivity index is 1.15. The van der Waals surface area contributed by atoms with Crippen LogP contribution in [0.5, 0.6) is 11.5 Å². The molecular formula is C58H64N4OSi. The van der Waals surface area contributed by atoms with Gasteiger partial charge in [0.15, 0.2) is 0 Å². The van der Waals surface area contributed by atoms with Gasteiger partial charge < -0.3 is 14.5 Å². The van der Waals surface area contributed by atoms with Gasteiger partial charge in [0.25, 0.3) is 0 Å². The number of benzene rings is 6. The molecule has 1 aliphatic rings. The quantitative estimate of drug-likeness (QED) is 0.150. The van der Waals surface area contributed by atoms with Gasteiger partial charge >= 0.3 is 0 Å². The first-order valence-corrected chi connectivity index (χ1v) is 26.4. The monoisotopic (exact) mass is 860 g/mol. The van der Waals surface area contributed by atoms with E-state index in [0.717, 1.165) is 39.6 Å². The third-order valence-corrected chi connectivity index (χ3v) is 15.1. The maximum Gasteiger partial charge on any atom is 0.137 e. The summed E-state index contributed by atoms with van der Waals surface area (Å²) < 4.78 is 9.35. The minimum absolute atomic E-state index is 0.0129. The standard InChI is InChI=1S/C58H64N4OSi/c1-38-27-55(59-36-50(38)39-19-15-14-16-20-39)62-51-26-24-47(64(11,12)13)35-49(51)48-25-23-45(34-54(48)62)63-46-32-42(58(8,9)10)31-44(33-46)61-37-60(52-21-17-18-22-53(52)61)43-29-40(56(2,3)4)28-41(30-43)57(5,6)7/h14-36H,37H2,1-13H3. The molecule has 6 heteroatoms. The van der Waals surface area contributed by atoms with Crippen molar-refractivity contribution < 1.29 is 4.74 Å². The van der Waals surface area contributed by atoms with Crippen molar-refractivity contribution in [3.8, 4) is 28.4 Å². The van der Waals surface area contributed by atoms with E-state index in [4.69, 9.17) is 9.72 Å². The fourth-order valence-electron chi connectivity index (χ4n) is 9.02. The SMILES string of the molecule is Cc1cc(-n2c3ccc([Si](C)(C)C)cc3c3ccc(Oc4cc(N5CN(c6cc(C(C)(C)C)cc(C(C)(C)C)c6)c6ccccc65)cc(C(C)(C)C)c4)cc32)ncc1-c1ccccc1. The lowest BCUT2D eigenvalue weighted by Gasteiger charge is -2.29. The predicted molar refractivity (Wildman–Crippen MR) is 276 cm³/mol. The zero-order valence-electron chi connectivity index (χ0n) is 40.2. The summed E-state index contributed by atoms with van der Waals surface area (Å²) in [4.78, 5) is 10.1. The molecule has 2 aromatic heterocycles. The third kappa shape index (κ3) is 8.13. The van der Waals surface area contributed by atoms with E-state index < -0.39 is 8.07 Å². The summed E-state index contributed by atoms with van der Waals surface area (Å²) in [7, 11) is -1.58.